The zero-order chi connectivity index (χ0) is 21.6. The van der Waals surface area contributed by atoms with Gasteiger partial charge in [-0.3, -0.25) is 9.59 Å². The van der Waals surface area contributed by atoms with E-state index in [0.29, 0.717) is 11.4 Å². The van der Waals surface area contributed by atoms with Gasteiger partial charge < -0.3 is 20.7 Å². The molecule has 156 valence electrons. The molecule has 1 heterocycles. The molecular weight excluding hydrogens is 376 g/mol. The van der Waals surface area contributed by atoms with Crippen LogP contribution < -0.4 is 16.0 Å². The molecule has 2 atom stereocenters. The van der Waals surface area contributed by atoms with Crippen molar-refractivity contribution in [1.82, 2.24) is 20.1 Å². The third kappa shape index (κ3) is 6.91. The summed E-state index contributed by atoms with van der Waals surface area (Å²) in [6.45, 7) is 8.48. The molecule has 10 nitrogen and oxygen atoms in total. The molecule has 10 heteroatoms. The summed E-state index contributed by atoms with van der Waals surface area (Å²) in [5.41, 5.74) is 0.446. The lowest BCUT2D eigenvalue weighted by molar-refractivity contribution is -0.119. The molecule has 1 aromatic heterocycles. The average Bonchev–Trinajstić information content (AvgIpc) is 3.15. The van der Waals surface area contributed by atoms with Crippen molar-refractivity contribution in [2.24, 2.45) is 0 Å². The predicted octanol–water partition coefficient (Wildman–Crippen LogP) is 2.33. The number of rotatable bonds is 6. The normalized spacial score (nSPS) is 13.1. The van der Waals surface area contributed by atoms with Crippen molar-refractivity contribution < 1.29 is 19.1 Å². The fraction of sp³-hybridized carbons (Fsp3) is 0.421. The average molecular weight is 402 g/mol. The molecule has 0 saturated carbocycles. The van der Waals surface area contributed by atoms with E-state index >= 15 is 0 Å². The number of carbonyl (C=O) groups is 3. The lowest BCUT2D eigenvalue weighted by atomic mass is 10.2. The van der Waals surface area contributed by atoms with Crippen LogP contribution in [0, 0.1) is 0 Å². The Morgan fingerprint density at radius 2 is 1.55 bits per heavy atom. The monoisotopic (exact) mass is 402 g/mol. The van der Waals surface area contributed by atoms with Gasteiger partial charge in [0, 0.05) is 11.4 Å². The predicted molar refractivity (Wildman–Crippen MR) is 107 cm³/mol. The van der Waals surface area contributed by atoms with E-state index in [2.05, 4.69) is 26.0 Å². The molecule has 0 aliphatic heterocycles. The van der Waals surface area contributed by atoms with Gasteiger partial charge in [-0.15, -0.1) is 0 Å². The highest BCUT2D eigenvalue weighted by Gasteiger charge is 2.21. The summed E-state index contributed by atoms with van der Waals surface area (Å²) in [5.74, 6) is -0.644. The molecule has 3 amide bonds. The zero-order valence-corrected chi connectivity index (χ0v) is 17.1. The van der Waals surface area contributed by atoms with Crippen molar-refractivity contribution in [3.63, 3.8) is 0 Å². The van der Waals surface area contributed by atoms with Crippen molar-refractivity contribution in [2.45, 2.75) is 52.3 Å². The van der Waals surface area contributed by atoms with Crippen molar-refractivity contribution in [1.29, 1.82) is 0 Å². The van der Waals surface area contributed by atoms with Crippen LogP contribution in [-0.2, 0) is 14.3 Å². The number of hydrogen-bond donors (Lipinski definition) is 3. The van der Waals surface area contributed by atoms with Crippen molar-refractivity contribution in [3.8, 4) is 0 Å². The van der Waals surface area contributed by atoms with E-state index in [4.69, 9.17) is 4.74 Å². The fourth-order valence-corrected chi connectivity index (χ4v) is 2.22. The quantitative estimate of drug-likeness (QED) is 0.680. The topological polar surface area (TPSA) is 127 Å². The van der Waals surface area contributed by atoms with Crippen LogP contribution in [0.4, 0.5) is 16.2 Å². The van der Waals surface area contributed by atoms with Crippen LogP contribution in [0.1, 0.15) is 40.7 Å². The van der Waals surface area contributed by atoms with Gasteiger partial charge in [0.25, 0.3) is 0 Å². The zero-order valence-electron chi connectivity index (χ0n) is 17.1. The summed E-state index contributed by atoms with van der Waals surface area (Å²) in [5, 5.41) is 11.9. The standard InChI is InChI=1S/C19H26N6O4/c1-12(22-18(28)29-19(3,4)5)16(26)23-14-6-8-15(9-7-14)24-17(27)13(2)25-11-20-10-21-25/h6-13H,1-5H3,(H,22,28)(H,23,26)(H,24,27)/t12-,13?/m1/s1. The highest BCUT2D eigenvalue weighted by atomic mass is 16.6. The Bertz CT molecular complexity index is 843. The molecule has 0 fully saturated rings. The third-order valence-electron chi connectivity index (χ3n) is 3.76. The Kier molecular flexibility index (Phi) is 6.92. The van der Waals surface area contributed by atoms with E-state index in [-0.39, 0.29) is 5.91 Å². The molecule has 0 spiro atoms. The van der Waals surface area contributed by atoms with Crippen LogP contribution in [-0.4, -0.2) is 44.3 Å². The Hall–Kier alpha value is -3.43. The summed E-state index contributed by atoms with van der Waals surface area (Å²) in [6, 6.07) is 5.31. The first kappa shape index (κ1) is 21.9. The van der Waals surface area contributed by atoms with Crippen LogP contribution in [0.5, 0.6) is 0 Å². The number of nitrogens with zero attached hydrogens (tertiary/aromatic N) is 3. The highest BCUT2D eigenvalue weighted by Crippen LogP contribution is 2.16. The molecule has 2 aromatic rings. The largest absolute Gasteiger partial charge is 0.444 e. The highest BCUT2D eigenvalue weighted by molar-refractivity contribution is 5.97. The third-order valence-corrected chi connectivity index (χ3v) is 3.76. The molecule has 0 aliphatic carbocycles. The summed E-state index contributed by atoms with van der Waals surface area (Å²) < 4.78 is 6.57. The van der Waals surface area contributed by atoms with Crippen molar-refractivity contribution >= 4 is 29.3 Å². The Morgan fingerprint density at radius 3 is 2.03 bits per heavy atom. The number of hydrogen-bond acceptors (Lipinski definition) is 6. The minimum absolute atomic E-state index is 0.248. The van der Waals surface area contributed by atoms with Gasteiger partial charge in [-0.05, 0) is 58.9 Å². The van der Waals surface area contributed by atoms with Gasteiger partial charge in [0.15, 0.2) is 0 Å². The molecule has 1 aromatic carbocycles. The SMILES string of the molecule is CC(C(=O)Nc1ccc(NC(=O)[C@@H](C)NC(=O)OC(C)(C)C)cc1)n1cncn1. The second-order valence-electron chi connectivity index (χ2n) is 7.48. The van der Waals surface area contributed by atoms with Crippen molar-refractivity contribution in [3.05, 3.63) is 36.9 Å². The molecular formula is C19H26N6O4. The number of amides is 3. The van der Waals surface area contributed by atoms with Crippen LogP contribution in [0.15, 0.2) is 36.9 Å². The molecule has 0 aliphatic rings. The number of nitrogens with one attached hydrogen (secondary N) is 3. The lowest BCUT2D eigenvalue weighted by Crippen LogP contribution is -2.43. The Morgan fingerprint density at radius 1 is 1.00 bits per heavy atom. The maximum Gasteiger partial charge on any atom is 0.408 e. The van der Waals surface area contributed by atoms with Crippen LogP contribution in [0.3, 0.4) is 0 Å². The summed E-state index contributed by atoms with van der Waals surface area (Å²) in [6.07, 6.45) is 2.16. The van der Waals surface area contributed by atoms with E-state index in [1.807, 2.05) is 0 Å². The minimum atomic E-state index is -0.784. The van der Waals surface area contributed by atoms with Gasteiger partial charge in [0.2, 0.25) is 11.8 Å². The first-order valence-electron chi connectivity index (χ1n) is 9.10. The molecule has 0 radical (unpaired) electrons. The van der Waals surface area contributed by atoms with Gasteiger partial charge in [0.05, 0.1) is 0 Å². The number of alkyl carbamates (subject to hydrolysis) is 1. The van der Waals surface area contributed by atoms with Crippen LogP contribution >= 0.6 is 0 Å². The molecule has 0 saturated heterocycles. The number of anilines is 2. The maximum absolute atomic E-state index is 12.2. The van der Waals surface area contributed by atoms with Gasteiger partial charge in [-0.2, -0.15) is 5.10 Å². The summed E-state index contributed by atoms with van der Waals surface area (Å²) in [4.78, 5) is 40.0. The Balaban J connectivity index is 1.87. The van der Waals surface area contributed by atoms with Crippen LogP contribution in [0.25, 0.3) is 0 Å². The second kappa shape index (κ2) is 9.18. The van der Waals surface area contributed by atoms with E-state index in [0.717, 1.165) is 0 Å². The van der Waals surface area contributed by atoms with Gasteiger partial charge in [-0.1, -0.05) is 0 Å². The van der Waals surface area contributed by atoms with Gasteiger partial charge in [0.1, 0.15) is 30.3 Å². The maximum atomic E-state index is 12.2. The molecule has 1 unspecified atom stereocenters. The number of ether oxygens (including phenoxy) is 1. The number of carbonyl (C=O) groups excluding carboxylic acids is 3. The summed E-state index contributed by atoms with van der Waals surface area (Å²) in [7, 11) is 0. The van der Waals surface area contributed by atoms with E-state index in [1.165, 1.54) is 17.3 Å². The molecule has 29 heavy (non-hydrogen) atoms. The molecule has 2 rings (SSSR count). The first-order chi connectivity index (χ1) is 13.5. The minimum Gasteiger partial charge on any atom is -0.444 e. The second-order valence-corrected chi connectivity index (χ2v) is 7.48. The van der Waals surface area contributed by atoms with Gasteiger partial charge >= 0.3 is 6.09 Å². The smallest absolute Gasteiger partial charge is 0.408 e. The number of benzene rings is 1. The summed E-state index contributed by atoms with van der Waals surface area (Å²) >= 11 is 0. The molecule has 0 bridgehead atoms. The lowest BCUT2D eigenvalue weighted by Gasteiger charge is -2.21. The Labute approximate surface area is 169 Å². The van der Waals surface area contributed by atoms with Crippen LogP contribution in [0.2, 0.25) is 0 Å². The molecule has 3 N–H and O–H groups in total. The van der Waals surface area contributed by atoms with E-state index < -0.39 is 29.7 Å². The van der Waals surface area contributed by atoms with Crippen molar-refractivity contribution in [2.75, 3.05) is 10.6 Å². The van der Waals surface area contributed by atoms with E-state index in [9.17, 15) is 14.4 Å². The van der Waals surface area contributed by atoms with E-state index in [1.54, 1.807) is 58.9 Å². The fourth-order valence-electron chi connectivity index (χ4n) is 2.22. The number of aromatic nitrogens is 3. The van der Waals surface area contributed by atoms with Gasteiger partial charge in [-0.25, -0.2) is 14.5 Å². The first-order valence-corrected chi connectivity index (χ1v) is 9.10.